The summed E-state index contributed by atoms with van der Waals surface area (Å²) in [4.78, 5) is 29.2. The van der Waals surface area contributed by atoms with Crippen molar-refractivity contribution in [3.63, 3.8) is 0 Å². The van der Waals surface area contributed by atoms with Crippen LogP contribution in [0.15, 0.2) is 72.8 Å². The monoisotopic (exact) mass is 627 g/mol. The largest absolute Gasteiger partial charge is 0.497 e. The minimum Gasteiger partial charge on any atom is -0.497 e. The molecule has 232 valence electrons. The van der Waals surface area contributed by atoms with E-state index in [2.05, 4.69) is 5.32 Å². The first-order valence-corrected chi connectivity index (χ1v) is 16.6. The fourth-order valence-corrected chi connectivity index (χ4v) is 5.96. The molecule has 0 aliphatic carbocycles. The summed E-state index contributed by atoms with van der Waals surface area (Å²) in [6.07, 6.45) is 1.76. The molecule has 0 bridgehead atoms. The molecule has 0 fully saturated rings. The molecule has 3 aromatic carbocycles. The van der Waals surface area contributed by atoms with Gasteiger partial charge in [-0.2, -0.15) is 0 Å². The van der Waals surface area contributed by atoms with Gasteiger partial charge in [-0.3, -0.25) is 13.9 Å². The van der Waals surface area contributed by atoms with E-state index in [1.807, 2.05) is 75.4 Å². The van der Waals surface area contributed by atoms with Crippen LogP contribution >= 0.6 is 11.6 Å². The second-order valence-electron chi connectivity index (χ2n) is 11.1. The number of hydrogen-bond acceptors (Lipinski definition) is 5. The van der Waals surface area contributed by atoms with E-state index in [9.17, 15) is 18.0 Å². The molecule has 0 saturated heterocycles. The zero-order chi connectivity index (χ0) is 31.6. The topological polar surface area (TPSA) is 96.0 Å². The summed E-state index contributed by atoms with van der Waals surface area (Å²) in [5.74, 6) is 0.399. The van der Waals surface area contributed by atoms with E-state index in [0.29, 0.717) is 29.4 Å². The highest BCUT2D eigenvalue weighted by molar-refractivity contribution is 7.92. The van der Waals surface area contributed by atoms with Crippen molar-refractivity contribution in [2.45, 2.75) is 52.6 Å². The van der Waals surface area contributed by atoms with Gasteiger partial charge in [-0.05, 0) is 60.2 Å². The third-order valence-electron chi connectivity index (χ3n) is 7.03. The summed E-state index contributed by atoms with van der Waals surface area (Å²) in [7, 11) is -2.07. The molecular formula is C33H42ClN3O5S. The number of rotatable bonds is 15. The molecule has 1 N–H and O–H groups in total. The molecule has 0 heterocycles. The van der Waals surface area contributed by atoms with E-state index in [1.54, 1.807) is 30.2 Å². The molecule has 0 aliphatic rings. The van der Waals surface area contributed by atoms with Gasteiger partial charge >= 0.3 is 0 Å². The van der Waals surface area contributed by atoms with Crippen LogP contribution in [0.1, 0.15) is 43.4 Å². The molecule has 1 atom stereocenters. The number of sulfonamides is 1. The van der Waals surface area contributed by atoms with Crippen LogP contribution in [0.4, 0.5) is 5.69 Å². The maximum absolute atomic E-state index is 14.0. The Labute approximate surface area is 261 Å². The molecule has 0 spiro atoms. The van der Waals surface area contributed by atoms with Crippen molar-refractivity contribution in [2.75, 3.05) is 30.8 Å². The van der Waals surface area contributed by atoms with Crippen molar-refractivity contribution in [3.8, 4) is 5.75 Å². The highest BCUT2D eigenvalue weighted by Gasteiger charge is 2.31. The first-order chi connectivity index (χ1) is 20.4. The molecule has 3 rings (SSSR count). The maximum Gasteiger partial charge on any atom is 0.243 e. The Bertz CT molecular complexity index is 1480. The molecule has 2 amide bonds. The fourth-order valence-electron chi connectivity index (χ4n) is 4.78. The molecular weight excluding hydrogens is 586 g/mol. The number of methoxy groups -OCH3 is 1. The zero-order valence-electron chi connectivity index (χ0n) is 25.5. The predicted octanol–water partition coefficient (Wildman–Crippen LogP) is 5.62. The number of nitrogens with one attached hydrogen (secondary N) is 1. The van der Waals surface area contributed by atoms with E-state index in [1.165, 1.54) is 4.31 Å². The molecule has 10 heteroatoms. The number of aryl methyl sites for hydroxylation is 1. The van der Waals surface area contributed by atoms with E-state index in [-0.39, 0.29) is 43.7 Å². The number of halogens is 1. The Morgan fingerprint density at radius 3 is 2.33 bits per heavy atom. The molecule has 8 nitrogen and oxygen atoms in total. The van der Waals surface area contributed by atoms with Crippen LogP contribution in [0.25, 0.3) is 0 Å². The summed E-state index contributed by atoms with van der Waals surface area (Å²) < 4.78 is 32.2. The number of carbonyl (C=O) groups is 2. The van der Waals surface area contributed by atoms with Crippen LogP contribution in [0.2, 0.25) is 5.02 Å². The van der Waals surface area contributed by atoms with Crippen molar-refractivity contribution < 1.29 is 22.7 Å². The Balaban J connectivity index is 1.92. The minimum atomic E-state index is -3.65. The standard InChI is InChI=1S/C33H42ClN3O5S/c1-24(2)22-35-33(39)31(20-26-11-7-6-8-12-26)36(23-27-13-9-14-29(19-27)42-4)32(38)15-10-18-37(43(5,40)41)30-21-28(34)17-16-25(30)3/h6-9,11-14,16-17,19,21,24,31H,10,15,18,20,22-23H2,1-5H3,(H,35,39)/t31-/m0/s1. The van der Waals surface area contributed by atoms with Crippen LogP contribution in [-0.4, -0.2) is 57.6 Å². The summed E-state index contributed by atoms with van der Waals surface area (Å²) in [5.41, 5.74) is 2.97. The van der Waals surface area contributed by atoms with Gasteiger partial charge in [0.1, 0.15) is 11.8 Å². The Morgan fingerprint density at radius 1 is 0.977 bits per heavy atom. The van der Waals surface area contributed by atoms with Crippen molar-refractivity contribution in [2.24, 2.45) is 5.92 Å². The number of carbonyl (C=O) groups excluding carboxylic acids is 2. The average Bonchev–Trinajstić information content (AvgIpc) is 2.97. The molecule has 0 saturated carbocycles. The quantitative estimate of drug-likeness (QED) is 0.236. The van der Waals surface area contributed by atoms with Crippen LogP contribution in [0, 0.1) is 12.8 Å². The highest BCUT2D eigenvalue weighted by atomic mass is 35.5. The molecule has 0 radical (unpaired) electrons. The van der Waals surface area contributed by atoms with Gasteiger partial charge in [-0.1, -0.05) is 74.0 Å². The molecule has 0 aromatic heterocycles. The summed E-state index contributed by atoms with van der Waals surface area (Å²) >= 11 is 6.18. The molecule has 0 aliphatic heterocycles. The van der Waals surface area contributed by atoms with Gasteiger partial charge in [-0.15, -0.1) is 0 Å². The summed E-state index contributed by atoms with van der Waals surface area (Å²) in [6.45, 7) is 6.59. The lowest BCUT2D eigenvalue weighted by molar-refractivity contribution is -0.141. The normalized spacial score (nSPS) is 12.1. The van der Waals surface area contributed by atoms with Gasteiger partial charge in [0.2, 0.25) is 21.8 Å². The maximum atomic E-state index is 14.0. The van der Waals surface area contributed by atoms with E-state index >= 15 is 0 Å². The number of nitrogens with zero attached hydrogens (tertiary/aromatic N) is 2. The smallest absolute Gasteiger partial charge is 0.243 e. The second-order valence-corrected chi connectivity index (χ2v) is 13.4. The average molecular weight is 628 g/mol. The van der Waals surface area contributed by atoms with Crippen LogP contribution in [0.3, 0.4) is 0 Å². The Morgan fingerprint density at radius 2 is 1.67 bits per heavy atom. The first-order valence-electron chi connectivity index (χ1n) is 14.4. The number of benzene rings is 3. The van der Waals surface area contributed by atoms with Crippen molar-refractivity contribution in [1.82, 2.24) is 10.2 Å². The molecule has 0 unspecified atom stereocenters. The van der Waals surface area contributed by atoms with E-state index in [0.717, 1.165) is 22.9 Å². The highest BCUT2D eigenvalue weighted by Crippen LogP contribution is 2.27. The van der Waals surface area contributed by atoms with Crippen LogP contribution in [0.5, 0.6) is 5.75 Å². The summed E-state index contributed by atoms with van der Waals surface area (Å²) in [5, 5.41) is 3.44. The van der Waals surface area contributed by atoms with Crippen LogP contribution in [-0.2, 0) is 32.6 Å². The van der Waals surface area contributed by atoms with Gasteiger partial charge in [0.05, 0.1) is 19.1 Å². The van der Waals surface area contributed by atoms with Gasteiger partial charge in [0.25, 0.3) is 0 Å². The number of ether oxygens (including phenoxy) is 1. The Hall–Kier alpha value is -3.56. The molecule has 43 heavy (non-hydrogen) atoms. The van der Waals surface area contributed by atoms with Crippen molar-refractivity contribution in [1.29, 1.82) is 0 Å². The third-order valence-corrected chi connectivity index (χ3v) is 8.45. The number of hydrogen-bond donors (Lipinski definition) is 1. The van der Waals surface area contributed by atoms with Gasteiger partial charge in [0, 0.05) is 37.5 Å². The Kier molecular flexibility index (Phi) is 12.5. The van der Waals surface area contributed by atoms with Gasteiger partial charge in [-0.25, -0.2) is 8.42 Å². The first kappa shape index (κ1) is 33.9. The lowest BCUT2D eigenvalue weighted by atomic mass is 10.0. The zero-order valence-corrected chi connectivity index (χ0v) is 27.1. The van der Waals surface area contributed by atoms with E-state index in [4.69, 9.17) is 16.3 Å². The third kappa shape index (κ3) is 10.3. The van der Waals surface area contributed by atoms with Gasteiger partial charge < -0.3 is 15.0 Å². The minimum absolute atomic E-state index is 0.0400. The SMILES string of the molecule is COc1cccc(CN(C(=O)CCCN(c2cc(Cl)ccc2C)S(C)(=O)=O)[C@@H](Cc2ccccc2)C(=O)NCC(C)C)c1. The predicted molar refractivity (Wildman–Crippen MR) is 173 cm³/mol. The molecule has 3 aromatic rings. The van der Waals surface area contributed by atoms with Crippen LogP contribution < -0.4 is 14.4 Å². The second kappa shape index (κ2) is 15.8. The lowest BCUT2D eigenvalue weighted by Gasteiger charge is -2.32. The summed E-state index contributed by atoms with van der Waals surface area (Å²) in [6, 6.07) is 21.3. The number of amides is 2. The number of anilines is 1. The van der Waals surface area contributed by atoms with Crippen molar-refractivity contribution in [3.05, 3.63) is 94.5 Å². The van der Waals surface area contributed by atoms with Crippen molar-refractivity contribution >= 4 is 39.1 Å². The lowest BCUT2D eigenvalue weighted by Crippen LogP contribution is -2.51. The van der Waals surface area contributed by atoms with E-state index < -0.39 is 16.1 Å². The fraction of sp³-hybridized carbons (Fsp3) is 0.394. The van der Waals surface area contributed by atoms with Gasteiger partial charge in [0.15, 0.2) is 0 Å².